The molecule has 0 spiro atoms. The minimum Gasteiger partial charge on any atom is -0.508 e. The molecule has 3 fully saturated rings. The number of imide groups is 2. The molecule has 0 saturated carbocycles. The van der Waals surface area contributed by atoms with E-state index in [1.165, 1.54) is 40.8 Å². The number of carbonyl (C=O) groups excluding carboxylic acids is 4. The second-order valence-electron chi connectivity index (χ2n) is 16.8. The number of nitrogens with zero attached hydrogens (tertiary/aromatic N) is 4. The molecule has 3 atom stereocenters. The first-order valence-electron chi connectivity index (χ1n) is 20.3. The van der Waals surface area contributed by atoms with Crippen LogP contribution in [-0.2, 0) is 29.1 Å². The molecule has 10 heteroatoms. The van der Waals surface area contributed by atoms with Crippen LogP contribution in [0.1, 0.15) is 98.0 Å². The van der Waals surface area contributed by atoms with Gasteiger partial charge in [0, 0.05) is 69.9 Å². The number of carbonyl (C=O) groups is 4. The van der Waals surface area contributed by atoms with Crippen molar-refractivity contribution in [3.63, 3.8) is 0 Å². The third kappa shape index (κ3) is 6.19. The van der Waals surface area contributed by atoms with Gasteiger partial charge in [0.05, 0.1) is 11.1 Å². The van der Waals surface area contributed by atoms with Gasteiger partial charge in [-0.05, 0) is 114 Å². The minimum absolute atomic E-state index is 0.114. The van der Waals surface area contributed by atoms with Gasteiger partial charge in [0.15, 0.2) is 0 Å². The Morgan fingerprint density at radius 2 is 1.39 bits per heavy atom. The minimum atomic E-state index is -0.941. The summed E-state index contributed by atoms with van der Waals surface area (Å²) in [6.45, 7) is 6.81. The Morgan fingerprint density at radius 3 is 2.07 bits per heavy atom. The molecule has 10 rings (SSSR count). The van der Waals surface area contributed by atoms with Crippen LogP contribution in [0.4, 0.5) is 5.69 Å². The van der Waals surface area contributed by atoms with Crippen molar-refractivity contribution in [3.8, 4) is 5.75 Å². The number of hydrogen-bond acceptors (Lipinski definition) is 8. The number of phenols is 1. The van der Waals surface area contributed by atoms with Crippen LogP contribution in [0, 0.1) is 5.92 Å². The van der Waals surface area contributed by atoms with Gasteiger partial charge in [0.25, 0.3) is 11.8 Å². The number of fused-ring (bicyclic) bond motifs is 3. The largest absolute Gasteiger partial charge is 0.508 e. The zero-order valence-electron chi connectivity index (χ0n) is 31.5. The number of nitrogens with one attached hydrogen (secondary N) is 1. The third-order valence-electron chi connectivity index (χ3n) is 13.5. The fourth-order valence-electron chi connectivity index (χ4n) is 10.5. The van der Waals surface area contributed by atoms with Gasteiger partial charge in [0.2, 0.25) is 11.8 Å². The number of rotatable bonds is 7. The molecule has 0 radical (unpaired) electrons. The summed E-state index contributed by atoms with van der Waals surface area (Å²) in [6.07, 6.45) is 4.67. The van der Waals surface area contributed by atoms with Crippen LogP contribution in [0.15, 0.2) is 84.9 Å². The van der Waals surface area contributed by atoms with E-state index in [0.29, 0.717) is 34.8 Å². The number of phenolic OH excluding ortho intramolecular Hbond substituents is 1. The van der Waals surface area contributed by atoms with Crippen molar-refractivity contribution in [3.05, 3.63) is 129 Å². The number of likely N-dealkylation sites (tertiary alicyclic amines) is 1. The Hall–Kier alpha value is -5.32. The highest BCUT2D eigenvalue weighted by atomic mass is 16.3. The SMILES string of the molecule is O=C1CCC(N2C(=O)c3cc4c(cc3C2=O)CN(C2CN(CC3CCN(c5ccc([C@@H]6c7ccc(O)cc7CC[C@@H]6c6ccccc6)cc5)CC3)C2)C4)C(=O)N1. The van der Waals surface area contributed by atoms with E-state index in [4.69, 9.17) is 0 Å². The van der Waals surface area contributed by atoms with E-state index in [1.54, 1.807) is 0 Å². The summed E-state index contributed by atoms with van der Waals surface area (Å²) in [6, 6.07) is 29.3. The molecule has 4 aromatic rings. The zero-order chi connectivity index (χ0) is 38.1. The molecular formula is C46H47N5O5. The lowest BCUT2D eigenvalue weighted by Crippen LogP contribution is -2.59. The number of hydrogen-bond donors (Lipinski definition) is 2. The Balaban J connectivity index is 0.724. The van der Waals surface area contributed by atoms with Crippen LogP contribution >= 0.6 is 0 Å². The molecule has 4 aromatic carbocycles. The number of anilines is 1. The van der Waals surface area contributed by atoms with Crippen molar-refractivity contribution in [2.75, 3.05) is 37.6 Å². The Morgan fingerprint density at radius 1 is 0.696 bits per heavy atom. The lowest BCUT2D eigenvalue weighted by molar-refractivity contribution is -0.136. The van der Waals surface area contributed by atoms with E-state index in [9.17, 15) is 24.3 Å². The summed E-state index contributed by atoms with van der Waals surface area (Å²) in [7, 11) is 0. The van der Waals surface area contributed by atoms with Gasteiger partial charge in [-0.3, -0.25) is 39.2 Å². The molecule has 0 bridgehead atoms. The van der Waals surface area contributed by atoms with Crippen molar-refractivity contribution in [1.29, 1.82) is 0 Å². The van der Waals surface area contributed by atoms with Gasteiger partial charge < -0.3 is 10.0 Å². The molecule has 1 unspecified atom stereocenters. The van der Waals surface area contributed by atoms with Crippen molar-refractivity contribution >= 4 is 29.3 Å². The van der Waals surface area contributed by atoms with E-state index >= 15 is 0 Å². The maximum absolute atomic E-state index is 13.3. The molecule has 2 N–H and O–H groups in total. The lowest BCUT2D eigenvalue weighted by atomic mass is 9.69. The summed E-state index contributed by atoms with van der Waals surface area (Å²) in [5.41, 5.74) is 9.48. The van der Waals surface area contributed by atoms with Crippen molar-refractivity contribution < 1.29 is 24.3 Å². The molecule has 5 aliphatic heterocycles. The summed E-state index contributed by atoms with van der Waals surface area (Å²) in [5, 5.41) is 12.5. The topological polar surface area (TPSA) is 114 Å². The fraction of sp³-hybridized carbons (Fsp3) is 0.391. The molecule has 4 amide bonds. The van der Waals surface area contributed by atoms with E-state index in [-0.39, 0.29) is 24.7 Å². The number of aryl methyl sites for hydroxylation is 1. The molecule has 6 aliphatic rings. The highest BCUT2D eigenvalue weighted by Gasteiger charge is 2.46. The van der Waals surface area contributed by atoms with E-state index in [1.807, 2.05) is 24.3 Å². The monoisotopic (exact) mass is 749 g/mol. The maximum atomic E-state index is 13.3. The molecule has 1 aliphatic carbocycles. The van der Waals surface area contributed by atoms with Crippen LogP contribution in [0.2, 0.25) is 0 Å². The van der Waals surface area contributed by atoms with Gasteiger partial charge in [0.1, 0.15) is 11.8 Å². The molecule has 5 heterocycles. The van der Waals surface area contributed by atoms with Gasteiger partial charge >= 0.3 is 0 Å². The van der Waals surface area contributed by atoms with E-state index in [0.717, 1.165) is 74.7 Å². The maximum Gasteiger partial charge on any atom is 0.262 e. The zero-order valence-corrected chi connectivity index (χ0v) is 31.5. The van der Waals surface area contributed by atoms with Gasteiger partial charge in [-0.15, -0.1) is 0 Å². The molecule has 286 valence electrons. The van der Waals surface area contributed by atoms with Gasteiger partial charge in [-0.25, -0.2) is 0 Å². The average molecular weight is 750 g/mol. The first kappa shape index (κ1) is 35.1. The number of amides is 4. The quantitative estimate of drug-likeness (QED) is 0.236. The Labute approximate surface area is 327 Å². The molecule has 3 saturated heterocycles. The van der Waals surface area contributed by atoms with Crippen LogP contribution in [0.5, 0.6) is 5.75 Å². The van der Waals surface area contributed by atoms with Crippen LogP contribution < -0.4 is 10.2 Å². The smallest absolute Gasteiger partial charge is 0.262 e. The summed E-state index contributed by atoms with van der Waals surface area (Å²) in [5.74, 6) is -0.163. The van der Waals surface area contributed by atoms with Crippen molar-refractivity contribution in [2.45, 2.75) is 75.5 Å². The number of aromatic hydroxyl groups is 1. The predicted molar refractivity (Wildman–Crippen MR) is 211 cm³/mol. The van der Waals surface area contributed by atoms with Gasteiger partial charge in [-0.2, -0.15) is 0 Å². The first-order valence-corrected chi connectivity index (χ1v) is 20.3. The Kier molecular flexibility index (Phi) is 8.78. The molecular weight excluding hydrogens is 703 g/mol. The highest BCUT2D eigenvalue weighted by molar-refractivity contribution is 6.23. The van der Waals surface area contributed by atoms with Gasteiger partial charge in [-0.1, -0.05) is 48.5 Å². The predicted octanol–water partition coefficient (Wildman–Crippen LogP) is 5.57. The molecule has 0 aromatic heterocycles. The Bertz CT molecular complexity index is 2180. The highest BCUT2D eigenvalue weighted by Crippen LogP contribution is 2.47. The average Bonchev–Trinajstić information content (AvgIpc) is 3.72. The third-order valence-corrected chi connectivity index (χ3v) is 13.5. The van der Waals surface area contributed by atoms with Crippen LogP contribution in [-0.4, -0.2) is 88.2 Å². The van der Waals surface area contributed by atoms with Crippen molar-refractivity contribution in [1.82, 2.24) is 20.0 Å². The standard InChI is InChI=1S/C46H47N5O5/c52-36-11-13-38-31(20-36)8-12-37(29-4-2-1-3-5-29)43(38)30-6-9-34(10-7-30)49-18-16-28(17-19-49)23-48-26-35(27-48)50-24-32-21-39-40(22-33(32)25-50)46(56)51(45(39)55)41-14-15-42(53)47-44(41)54/h1-7,9-11,13,20-22,28,35,37,41,43,52H,8,12,14-19,23-27H2,(H,47,53,54)/t37-,41?,43+/m1/s1. The normalized spacial score (nSPS) is 24.5. The van der Waals surface area contributed by atoms with Crippen molar-refractivity contribution in [2.24, 2.45) is 5.92 Å². The second-order valence-corrected chi connectivity index (χ2v) is 16.8. The summed E-state index contributed by atoms with van der Waals surface area (Å²) in [4.78, 5) is 59.4. The number of piperidine rings is 2. The summed E-state index contributed by atoms with van der Waals surface area (Å²) < 4.78 is 0. The van der Waals surface area contributed by atoms with E-state index < -0.39 is 23.8 Å². The summed E-state index contributed by atoms with van der Waals surface area (Å²) >= 11 is 0. The fourth-order valence-corrected chi connectivity index (χ4v) is 10.5. The number of benzene rings is 4. The molecule has 56 heavy (non-hydrogen) atoms. The van der Waals surface area contributed by atoms with Crippen LogP contribution in [0.25, 0.3) is 0 Å². The molecule has 10 nitrogen and oxygen atoms in total. The second kappa shape index (κ2) is 14.0. The van der Waals surface area contributed by atoms with Crippen LogP contribution in [0.3, 0.4) is 0 Å². The lowest BCUT2D eigenvalue weighted by Gasteiger charge is -2.46. The first-order chi connectivity index (χ1) is 27.3. The van der Waals surface area contributed by atoms with E-state index in [2.05, 4.69) is 80.7 Å².